The van der Waals surface area contributed by atoms with Crippen LogP contribution in [-0.4, -0.2) is 26.1 Å². The monoisotopic (exact) mass is 203 g/mol. The molecule has 76 valence electrons. The van der Waals surface area contributed by atoms with E-state index in [9.17, 15) is 8.42 Å². The van der Waals surface area contributed by atoms with Gasteiger partial charge < -0.3 is 5.32 Å². The van der Waals surface area contributed by atoms with E-state index in [1.807, 2.05) is 0 Å². The molecule has 0 aromatic heterocycles. The van der Waals surface area contributed by atoms with E-state index in [4.69, 9.17) is 0 Å². The molecular formula is C9H17NO2S. The fourth-order valence-corrected chi connectivity index (χ4v) is 3.04. The van der Waals surface area contributed by atoms with Gasteiger partial charge in [-0.15, -0.1) is 6.58 Å². The molecule has 13 heavy (non-hydrogen) atoms. The zero-order valence-electron chi connectivity index (χ0n) is 7.83. The molecule has 1 saturated heterocycles. The second-order valence-electron chi connectivity index (χ2n) is 3.41. The Morgan fingerprint density at radius 1 is 1.38 bits per heavy atom. The van der Waals surface area contributed by atoms with E-state index in [1.165, 1.54) is 6.08 Å². The van der Waals surface area contributed by atoms with Crippen LogP contribution in [0.3, 0.4) is 0 Å². The van der Waals surface area contributed by atoms with Crippen molar-refractivity contribution >= 4 is 9.84 Å². The summed E-state index contributed by atoms with van der Waals surface area (Å²) in [6, 6.07) is 0. The highest BCUT2D eigenvalue weighted by Gasteiger charge is 2.24. The molecule has 0 radical (unpaired) electrons. The van der Waals surface area contributed by atoms with Gasteiger partial charge in [0, 0.05) is 0 Å². The topological polar surface area (TPSA) is 46.2 Å². The van der Waals surface area contributed by atoms with Crippen molar-refractivity contribution in [2.45, 2.75) is 31.1 Å². The molecule has 1 unspecified atom stereocenters. The first kappa shape index (κ1) is 10.7. The van der Waals surface area contributed by atoms with Crippen LogP contribution in [0.25, 0.3) is 0 Å². The number of hydrogen-bond acceptors (Lipinski definition) is 3. The molecule has 0 spiro atoms. The lowest BCUT2D eigenvalue weighted by molar-refractivity contribution is 0.548. The summed E-state index contributed by atoms with van der Waals surface area (Å²) in [7, 11) is -2.99. The number of rotatable bonds is 3. The normalized spacial score (nSPS) is 25.1. The van der Waals surface area contributed by atoms with Crippen molar-refractivity contribution in [2.75, 3.05) is 12.3 Å². The van der Waals surface area contributed by atoms with E-state index >= 15 is 0 Å². The fourth-order valence-electron chi connectivity index (χ4n) is 1.58. The quantitative estimate of drug-likeness (QED) is 0.698. The van der Waals surface area contributed by atoms with Gasteiger partial charge in [-0.05, 0) is 19.4 Å². The molecule has 1 aliphatic rings. The van der Waals surface area contributed by atoms with Gasteiger partial charge in [0.25, 0.3) is 0 Å². The highest BCUT2D eigenvalue weighted by atomic mass is 32.2. The van der Waals surface area contributed by atoms with Gasteiger partial charge in [-0.1, -0.05) is 18.9 Å². The van der Waals surface area contributed by atoms with Crippen molar-refractivity contribution in [3.05, 3.63) is 12.7 Å². The molecule has 0 aromatic rings. The molecule has 0 aromatic carbocycles. The number of sulfone groups is 1. The molecular weight excluding hydrogens is 186 g/mol. The first-order valence-electron chi connectivity index (χ1n) is 4.72. The molecule has 4 heteroatoms. The van der Waals surface area contributed by atoms with E-state index < -0.39 is 9.84 Å². The molecule has 0 bridgehead atoms. The molecule has 1 N–H and O–H groups in total. The molecule has 1 atom stereocenters. The van der Waals surface area contributed by atoms with Gasteiger partial charge in [0.05, 0.1) is 5.75 Å². The SMILES string of the molecule is C=CCS(=O)(=O)C1CCCCCN1. The van der Waals surface area contributed by atoms with E-state index in [0.29, 0.717) is 0 Å². The number of hydrogen-bond donors (Lipinski definition) is 1. The smallest absolute Gasteiger partial charge is 0.169 e. The van der Waals surface area contributed by atoms with Crippen molar-refractivity contribution in [2.24, 2.45) is 0 Å². The molecule has 1 rings (SSSR count). The van der Waals surface area contributed by atoms with Gasteiger partial charge in [0.2, 0.25) is 0 Å². The Bertz CT molecular complexity index is 251. The predicted molar refractivity (Wildman–Crippen MR) is 54.2 cm³/mol. The van der Waals surface area contributed by atoms with Gasteiger partial charge in [0.15, 0.2) is 9.84 Å². The van der Waals surface area contributed by atoms with E-state index in [1.54, 1.807) is 0 Å². The van der Waals surface area contributed by atoms with Gasteiger partial charge in [0.1, 0.15) is 5.37 Å². The molecule has 0 amide bonds. The van der Waals surface area contributed by atoms with E-state index in [2.05, 4.69) is 11.9 Å². The van der Waals surface area contributed by atoms with Gasteiger partial charge in [-0.25, -0.2) is 8.42 Å². The van der Waals surface area contributed by atoms with Crippen LogP contribution in [0.4, 0.5) is 0 Å². The summed E-state index contributed by atoms with van der Waals surface area (Å²) in [5, 5.41) is 2.73. The van der Waals surface area contributed by atoms with Gasteiger partial charge in [-0.2, -0.15) is 0 Å². The molecule has 0 saturated carbocycles. The maximum atomic E-state index is 11.6. The van der Waals surface area contributed by atoms with Crippen LogP contribution in [0.2, 0.25) is 0 Å². The lowest BCUT2D eigenvalue weighted by atomic mass is 10.2. The summed E-state index contributed by atoms with van der Waals surface area (Å²) in [6.07, 6.45) is 5.43. The van der Waals surface area contributed by atoms with Crippen LogP contribution in [0.5, 0.6) is 0 Å². The van der Waals surface area contributed by atoms with Crippen molar-refractivity contribution in [3.63, 3.8) is 0 Å². The standard InChI is InChI=1S/C9H17NO2S/c1-2-8-13(11,12)9-6-4-3-5-7-10-9/h2,9-10H,1,3-8H2. The van der Waals surface area contributed by atoms with Crippen molar-refractivity contribution in [3.8, 4) is 0 Å². The second-order valence-corrected chi connectivity index (χ2v) is 5.64. The van der Waals surface area contributed by atoms with Crippen LogP contribution < -0.4 is 5.32 Å². The van der Waals surface area contributed by atoms with Crippen molar-refractivity contribution in [1.82, 2.24) is 5.32 Å². The third-order valence-electron chi connectivity index (χ3n) is 2.30. The Morgan fingerprint density at radius 3 is 2.85 bits per heavy atom. The Balaban J connectivity index is 2.62. The highest BCUT2D eigenvalue weighted by Crippen LogP contribution is 2.13. The minimum absolute atomic E-state index is 0.0880. The fraction of sp³-hybridized carbons (Fsp3) is 0.778. The van der Waals surface area contributed by atoms with Crippen molar-refractivity contribution in [1.29, 1.82) is 0 Å². The van der Waals surface area contributed by atoms with Crippen LogP contribution in [0.15, 0.2) is 12.7 Å². The molecule has 3 nitrogen and oxygen atoms in total. The Kier molecular flexibility index (Phi) is 3.93. The second kappa shape index (κ2) is 4.77. The maximum Gasteiger partial charge on any atom is 0.169 e. The molecule has 1 heterocycles. The Labute approximate surface area is 80.1 Å². The van der Waals surface area contributed by atoms with Crippen LogP contribution in [0, 0.1) is 0 Å². The van der Waals surface area contributed by atoms with Crippen molar-refractivity contribution < 1.29 is 8.42 Å². The summed E-state index contributed by atoms with van der Waals surface area (Å²) in [5.41, 5.74) is 0. The number of nitrogens with one attached hydrogen (secondary N) is 1. The first-order valence-corrected chi connectivity index (χ1v) is 6.44. The lowest BCUT2D eigenvalue weighted by Crippen LogP contribution is -2.37. The summed E-state index contributed by atoms with van der Waals surface area (Å²) < 4.78 is 23.2. The summed E-state index contributed by atoms with van der Waals surface area (Å²) >= 11 is 0. The van der Waals surface area contributed by atoms with Crippen LogP contribution >= 0.6 is 0 Å². The molecule has 0 aliphatic carbocycles. The lowest BCUT2D eigenvalue weighted by Gasteiger charge is -2.14. The average molecular weight is 203 g/mol. The highest BCUT2D eigenvalue weighted by molar-refractivity contribution is 7.92. The summed E-state index contributed by atoms with van der Waals surface area (Å²) in [6.45, 7) is 4.28. The molecule has 1 fully saturated rings. The van der Waals surface area contributed by atoms with Gasteiger partial charge in [-0.3, -0.25) is 0 Å². The van der Waals surface area contributed by atoms with E-state index in [-0.39, 0.29) is 11.1 Å². The maximum absolute atomic E-state index is 11.6. The summed E-state index contributed by atoms with van der Waals surface area (Å²) in [5.74, 6) is 0.0880. The minimum atomic E-state index is -2.99. The first-order chi connectivity index (χ1) is 6.17. The Hall–Kier alpha value is -0.350. The minimum Gasteiger partial charge on any atom is -0.301 e. The van der Waals surface area contributed by atoms with Crippen LogP contribution in [-0.2, 0) is 9.84 Å². The van der Waals surface area contributed by atoms with E-state index in [0.717, 1.165) is 32.2 Å². The largest absolute Gasteiger partial charge is 0.301 e. The van der Waals surface area contributed by atoms with Gasteiger partial charge >= 0.3 is 0 Å². The third kappa shape index (κ3) is 3.12. The molecule has 1 aliphatic heterocycles. The van der Waals surface area contributed by atoms with Crippen LogP contribution in [0.1, 0.15) is 25.7 Å². The zero-order valence-corrected chi connectivity index (χ0v) is 8.65. The summed E-state index contributed by atoms with van der Waals surface area (Å²) in [4.78, 5) is 0. The third-order valence-corrected chi connectivity index (χ3v) is 4.27. The predicted octanol–water partition coefficient (Wildman–Crippen LogP) is 1.08. The Morgan fingerprint density at radius 2 is 2.15 bits per heavy atom. The average Bonchev–Trinajstić information content (AvgIpc) is 2.31. The zero-order chi connectivity index (χ0) is 9.73.